The van der Waals surface area contributed by atoms with Crippen molar-refractivity contribution in [1.29, 1.82) is 0 Å². The van der Waals surface area contributed by atoms with E-state index < -0.39 is 40.2 Å². The Kier molecular flexibility index (Phi) is 9.21. The van der Waals surface area contributed by atoms with Crippen LogP contribution in [0.4, 0.5) is 22.0 Å². The lowest BCUT2D eigenvalue weighted by molar-refractivity contribution is -0.0210. The Hall–Kier alpha value is -3.19. The number of benzene rings is 3. The fraction of sp³-hybridized carbons (Fsp3) is 0.355. The fourth-order valence-corrected chi connectivity index (χ4v) is 4.88. The first-order valence-corrected chi connectivity index (χ1v) is 12.9. The molecule has 0 aromatic heterocycles. The van der Waals surface area contributed by atoms with Crippen LogP contribution in [0.25, 0.3) is 22.3 Å². The summed E-state index contributed by atoms with van der Waals surface area (Å²) >= 11 is 0. The molecule has 1 fully saturated rings. The van der Waals surface area contributed by atoms with Crippen LogP contribution in [0.2, 0.25) is 0 Å². The molecule has 0 aliphatic carbocycles. The second-order valence-corrected chi connectivity index (χ2v) is 9.57. The van der Waals surface area contributed by atoms with Crippen molar-refractivity contribution in [3.05, 3.63) is 89.8 Å². The van der Waals surface area contributed by atoms with Crippen molar-refractivity contribution in [3.8, 4) is 28.0 Å². The molecule has 0 saturated carbocycles. The maximum absolute atomic E-state index is 15.0. The lowest BCUT2D eigenvalue weighted by Crippen LogP contribution is -2.26. The van der Waals surface area contributed by atoms with Gasteiger partial charge in [-0.05, 0) is 80.7 Å². The van der Waals surface area contributed by atoms with Crippen molar-refractivity contribution >= 4 is 0 Å². The van der Waals surface area contributed by atoms with Gasteiger partial charge in [-0.25, -0.2) is 17.6 Å². The number of aryl methyl sites for hydroxylation is 1. The normalized spacial score (nSPS) is 17.4. The quantitative estimate of drug-likeness (QED) is 0.193. The standard InChI is InChI=1S/C31H31F5O2/c1-3-5-6-22-12-8-19(18-38-22)7-9-20-10-11-21(17-26(20)32)23-13-14-24(29(34)28(23)33)25-15-16-27(37-4-2)31(36)30(25)35/h3,10-11,13-17,19,22H,1,4-9,12,18H2,2H3. The maximum atomic E-state index is 15.0. The van der Waals surface area contributed by atoms with Crippen molar-refractivity contribution in [2.75, 3.05) is 13.2 Å². The Morgan fingerprint density at radius 3 is 2.21 bits per heavy atom. The molecule has 2 atom stereocenters. The summed E-state index contributed by atoms with van der Waals surface area (Å²) in [6.07, 6.45) is 7.33. The molecule has 1 heterocycles. The zero-order valence-corrected chi connectivity index (χ0v) is 21.3. The topological polar surface area (TPSA) is 18.5 Å². The van der Waals surface area contributed by atoms with Crippen molar-refractivity contribution < 1.29 is 31.4 Å². The molecule has 2 nitrogen and oxygen atoms in total. The number of allylic oxidation sites excluding steroid dienone is 1. The molecule has 7 heteroatoms. The molecule has 0 bridgehead atoms. The summed E-state index contributed by atoms with van der Waals surface area (Å²) in [5.74, 6) is -5.71. The third-order valence-electron chi connectivity index (χ3n) is 7.06. The van der Waals surface area contributed by atoms with Crippen LogP contribution in [-0.2, 0) is 11.2 Å². The molecule has 0 spiro atoms. The summed E-state index contributed by atoms with van der Waals surface area (Å²) in [6.45, 7) is 6.12. The molecule has 3 aromatic rings. The van der Waals surface area contributed by atoms with Crippen LogP contribution in [0, 0.1) is 35.0 Å². The van der Waals surface area contributed by atoms with Crippen LogP contribution in [0.5, 0.6) is 5.75 Å². The summed E-state index contributed by atoms with van der Waals surface area (Å²) in [7, 11) is 0. The second kappa shape index (κ2) is 12.6. The highest BCUT2D eigenvalue weighted by atomic mass is 19.2. The Balaban J connectivity index is 1.47. The van der Waals surface area contributed by atoms with Gasteiger partial charge in [0.2, 0.25) is 5.82 Å². The lowest BCUT2D eigenvalue weighted by Gasteiger charge is -2.29. The Morgan fingerprint density at radius 1 is 0.868 bits per heavy atom. The van der Waals surface area contributed by atoms with E-state index in [0.29, 0.717) is 24.5 Å². The molecular formula is C31H31F5O2. The van der Waals surface area contributed by atoms with E-state index in [1.165, 1.54) is 18.2 Å². The minimum atomic E-state index is -1.35. The maximum Gasteiger partial charge on any atom is 0.201 e. The molecule has 202 valence electrons. The second-order valence-electron chi connectivity index (χ2n) is 9.57. The highest BCUT2D eigenvalue weighted by Gasteiger charge is 2.23. The monoisotopic (exact) mass is 530 g/mol. The SMILES string of the molecule is C=CCCC1CCC(CCc2ccc(-c3ccc(-c4ccc(OCC)c(F)c4F)c(F)c3F)cc2F)CO1. The average Bonchev–Trinajstić information content (AvgIpc) is 2.92. The predicted octanol–water partition coefficient (Wildman–Crippen LogP) is 8.81. The van der Waals surface area contributed by atoms with Gasteiger partial charge in [-0.1, -0.05) is 30.3 Å². The van der Waals surface area contributed by atoms with Gasteiger partial charge in [0.05, 0.1) is 12.7 Å². The largest absolute Gasteiger partial charge is 0.491 e. The van der Waals surface area contributed by atoms with E-state index in [1.807, 2.05) is 6.08 Å². The van der Waals surface area contributed by atoms with Crippen molar-refractivity contribution in [1.82, 2.24) is 0 Å². The number of hydrogen-bond donors (Lipinski definition) is 0. The van der Waals surface area contributed by atoms with Gasteiger partial charge in [-0.2, -0.15) is 4.39 Å². The van der Waals surface area contributed by atoms with E-state index in [9.17, 15) is 17.6 Å². The van der Waals surface area contributed by atoms with E-state index in [2.05, 4.69) is 6.58 Å². The Bertz CT molecular complexity index is 1280. The summed E-state index contributed by atoms with van der Waals surface area (Å²) < 4.78 is 84.7. The van der Waals surface area contributed by atoms with Crippen LogP contribution < -0.4 is 4.74 Å². The van der Waals surface area contributed by atoms with E-state index in [-0.39, 0.29) is 29.6 Å². The minimum absolute atomic E-state index is 0.120. The predicted molar refractivity (Wildman–Crippen MR) is 138 cm³/mol. The third-order valence-corrected chi connectivity index (χ3v) is 7.06. The third kappa shape index (κ3) is 6.09. The number of rotatable bonds is 10. The summed E-state index contributed by atoms with van der Waals surface area (Å²) in [5, 5.41) is 0. The molecule has 4 rings (SSSR count). The van der Waals surface area contributed by atoms with Crippen molar-refractivity contribution in [3.63, 3.8) is 0 Å². The van der Waals surface area contributed by atoms with E-state index >= 15 is 4.39 Å². The molecule has 0 amide bonds. The minimum Gasteiger partial charge on any atom is -0.491 e. The molecule has 3 aromatic carbocycles. The average molecular weight is 531 g/mol. The van der Waals surface area contributed by atoms with Gasteiger partial charge in [-0.15, -0.1) is 6.58 Å². The smallest absolute Gasteiger partial charge is 0.201 e. The molecule has 1 saturated heterocycles. The van der Waals surface area contributed by atoms with Crippen molar-refractivity contribution in [2.24, 2.45) is 5.92 Å². The van der Waals surface area contributed by atoms with E-state index in [1.54, 1.807) is 13.0 Å². The van der Waals surface area contributed by atoms with Crippen molar-refractivity contribution in [2.45, 2.75) is 51.6 Å². The first-order valence-electron chi connectivity index (χ1n) is 12.9. The number of halogens is 5. The molecule has 0 radical (unpaired) electrons. The summed E-state index contributed by atoms with van der Waals surface area (Å²) in [5.41, 5.74) is -0.404. The van der Waals surface area contributed by atoms with Gasteiger partial charge in [-0.3, -0.25) is 0 Å². The van der Waals surface area contributed by atoms with E-state index in [0.717, 1.165) is 50.3 Å². The molecule has 1 aliphatic rings. The Morgan fingerprint density at radius 2 is 1.55 bits per heavy atom. The van der Waals surface area contributed by atoms with Gasteiger partial charge < -0.3 is 9.47 Å². The lowest BCUT2D eigenvalue weighted by atomic mass is 9.90. The fourth-order valence-electron chi connectivity index (χ4n) is 4.88. The summed E-state index contributed by atoms with van der Waals surface area (Å²) in [6, 6.07) is 8.98. The molecule has 2 unspecified atom stereocenters. The zero-order valence-electron chi connectivity index (χ0n) is 21.3. The van der Waals surface area contributed by atoms with Gasteiger partial charge in [0.15, 0.2) is 23.2 Å². The summed E-state index contributed by atoms with van der Waals surface area (Å²) in [4.78, 5) is 0. The van der Waals surface area contributed by atoms with Crippen LogP contribution in [0.3, 0.4) is 0 Å². The van der Waals surface area contributed by atoms with Crippen LogP contribution in [-0.4, -0.2) is 19.3 Å². The first kappa shape index (κ1) is 27.8. The van der Waals surface area contributed by atoms with Crippen LogP contribution in [0.1, 0.15) is 44.6 Å². The van der Waals surface area contributed by atoms with Gasteiger partial charge in [0.1, 0.15) is 5.82 Å². The molecule has 0 N–H and O–H groups in total. The van der Waals surface area contributed by atoms with Gasteiger partial charge in [0, 0.05) is 23.3 Å². The van der Waals surface area contributed by atoms with Crippen LogP contribution in [0.15, 0.2) is 55.1 Å². The highest BCUT2D eigenvalue weighted by molar-refractivity contribution is 5.72. The highest BCUT2D eigenvalue weighted by Crippen LogP contribution is 2.36. The van der Waals surface area contributed by atoms with Gasteiger partial charge >= 0.3 is 0 Å². The van der Waals surface area contributed by atoms with Gasteiger partial charge in [0.25, 0.3) is 0 Å². The molecule has 1 aliphatic heterocycles. The first-order chi connectivity index (χ1) is 18.3. The number of ether oxygens (including phenoxy) is 2. The number of hydrogen-bond acceptors (Lipinski definition) is 2. The van der Waals surface area contributed by atoms with Crippen LogP contribution >= 0.6 is 0 Å². The van der Waals surface area contributed by atoms with E-state index in [4.69, 9.17) is 9.47 Å². The molecular weight excluding hydrogens is 499 g/mol. The Labute approximate surface area is 220 Å². The molecule has 38 heavy (non-hydrogen) atoms. The zero-order chi connectivity index (χ0) is 27.2.